The van der Waals surface area contributed by atoms with Crippen LogP contribution in [0.5, 0.6) is 0 Å². The Balaban J connectivity index is 1.61. The minimum absolute atomic E-state index is 0.00301. The predicted molar refractivity (Wildman–Crippen MR) is 95.5 cm³/mol. The molecule has 6 heteroatoms. The molecular weight excluding hydrogens is 326 g/mol. The number of benzene rings is 2. The lowest BCUT2D eigenvalue weighted by atomic mass is 10.1. The lowest BCUT2D eigenvalue weighted by molar-refractivity contribution is -0.901. The van der Waals surface area contributed by atoms with Crippen LogP contribution in [0.3, 0.4) is 0 Å². The maximum absolute atomic E-state index is 11.1. The van der Waals surface area contributed by atoms with Gasteiger partial charge in [0.1, 0.15) is 12.2 Å². The van der Waals surface area contributed by atoms with Gasteiger partial charge in [-0.25, -0.2) is 0 Å². The van der Waals surface area contributed by atoms with E-state index in [1.54, 1.807) is 17.0 Å². The van der Waals surface area contributed by atoms with Crippen LogP contribution in [0.1, 0.15) is 24.0 Å². The number of halogens is 1. The van der Waals surface area contributed by atoms with Crippen molar-refractivity contribution in [2.45, 2.75) is 25.9 Å². The number of likely N-dealkylation sites (tertiary alicyclic amines) is 1. The van der Waals surface area contributed by atoms with Crippen molar-refractivity contribution in [3.63, 3.8) is 0 Å². The average molecular weight is 347 g/mol. The second kappa shape index (κ2) is 7.64. The van der Waals surface area contributed by atoms with Crippen LogP contribution in [0.15, 0.2) is 42.5 Å². The third kappa shape index (κ3) is 4.24. The van der Waals surface area contributed by atoms with Gasteiger partial charge in [-0.15, -0.1) is 0 Å². The van der Waals surface area contributed by atoms with E-state index in [1.165, 1.54) is 37.6 Å². The molecular formula is C18H21ClN3O2+. The Morgan fingerprint density at radius 3 is 2.42 bits per heavy atom. The van der Waals surface area contributed by atoms with Gasteiger partial charge in [0.05, 0.1) is 18.0 Å². The molecule has 0 radical (unpaired) electrons. The summed E-state index contributed by atoms with van der Waals surface area (Å²) in [5, 5.41) is 14.6. The highest BCUT2D eigenvalue weighted by Crippen LogP contribution is 2.28. The Kier molecular flexibility index (Phi) is 5.33. The maximum Gasteiger partial charge on any atom is 0.293 e. The molecule has 1 heterocycles. The summed E-state index contributed by atoms with van der Waals surface area (Å²) in [6.45, 7) is 4.16. The molecule has 0 spiro atoms. The van der Waals surface area contributed by atoms with E-state index in [-0.39, 0.29) is 5.69 Å². The van der Waals surface area contributed by atoms with Crippen molar-refractivity contribution < 1.29 is 9.82 Å². The summed E-state index contributed by atoms with van der Waals surface area (Å²) >= 11 is 5.83. The van der Waals surface area contributed by atoms with Crippen LogP contribution in [0.4, 0.5) is 11.4 Å². The molecule has 3 rings (SSSR count). The molecule has 24 heavy (non-hydrogen) atoms. The quantitative estimate of drug-likeness (QED) is 0.624. The fourth-order valence-electron chi connectivity index (χ4n) is 3.12. The maximum atomic E-state index is 11.1. The fourth-order valence-corrected chi connectivity index (χ4v) is 3.28. The van der Waals surface area contributed by atoms with Crippen LogP contribution in [0.25, 0.3) is 0 Å². The second-order valence-electron chi connectivity index (χ2n) is 6.22. The molecule has 0 aliphatic carbocycles. The number of nitro groups is 1. The molecule has 1 fully saturated rings. The molecule has 1 saturated heterocycles. The number of anilines is 1. The van der Waals surface area contributed by atoms with Gasteiger partial charge in [-0.1, -0.05) is 35.9 Å². The smallest absolute Gasteiger partial charge is 0.293 e. The molecule has 2 N–H and O–H groups in total. The zero-order valence-corrected chi connectivity index (χ0v) is 14.2. The average Bonchev–Trinajstić information content (AvgIpc) is 3.08. The summed E-state index contributed by atoms with van der Waals surface area (Å²) in [7, 11) is 0. The van der Waals surface area contributed by atoms with Crippen molar-refractivity contribution >= 4 is 23.0 Å². The number of rotatable bonds is 6. The molecule has 1 aliphatic heterocycles. The molecule has 5 nitrogen and oxygen atoms in total. The number of hydrogen-bond donors (Lipinski definition) is 2. The zero-order valence-electron chi connectivity index (χ0n) is 13.4. The normalized spacial score (nSPS) is 14.7. The van der Waals surface area contributed by atoms with E-state index in [0.717, 1.165) is 12.1 Å². The van der Waals surface area contributed by atoms with Crippen molar-refractivity contribution in [3.05, 3.63) is 68.7 Å². The predicted octanol–water partition coefficient (Wildman–Crippen LogP) is 3.04. The highest BCUT2D eigenvalue weighted by molar-refractivity contribution is 6.30. The van der Waals surface area contributed by atoms with Crippen molar-refractivity contribution in [2.24, 2.45) is 0 Å². The van der Waals surface area contributed by atoms with Crippen LogP contribution < -0.4 is 10.2 Å². The third-order valence-electron chi connectivity index (χ3n) is 4.43. The first-order chi connectivity index (χ1) is 11.6. The van der Waals surface area contributed by atoms with Crippen LogP contribution in [-0.2, 0) is 13.1 Å². The molecule has 126 valence electrons. The first-order valence-corrected chi connectivity index (χ1v) is 8.59. The summed E-state index contributed by atoms with van der Waals surface area (Å²) in [4.78, 5) is 12.3. The van der Waals surface area contributed by atoms with Crippen LogP contribution >= 0.6 is 11.6 Å². The lowest BCUT2D eigenvalue weighted by Gasteiger charge is -2.12. The van der Waals surface area contributed by atoms with Crippen molar-refractivity contribution in [1.82, 2.24) is 0 Å². The van der Waals surface area contributed by atoms with Crippen LogP contribution in [0, 0.1) is 10.1 Å². The van der Waals surface area contributed by atoms with E-state index in [2.05, 4.69) is 29.6 Å². The zero-order chi connectivity index (χ0) is 16.9. The van der Waals surface area contributed by atoms with E-state index in [0.29, 0.717) is 17.3 Å². The third-order valence-corrected chi connectivity index (χ3v) is 4.66. The van der Waals surface area contributed by atoms with Gasteiger partial charge in [0.2, 0.25) is 0 Å². The monoisotopic (exact) mass is 346 g/mol. The standard InChI is InChI=1S/C18H20ClN3O2/c19-16-7-8-17(18(11-16)22(23)24)20-12-14-3-5-15(6-4-14)13-21-9-1-2-10-21/h3-8,11,20H,1-2,9-10,12-13H2/p+1. The second-order valence-corrected chi connectivity index (χ2v) is 6.66. The largest absolute Gasteiger partial charge is 0.375 e. The Labute approximate surface area is 146 Å². The number of quaternary nitrogens is 1. The number of nitro benzene ring substituents is 1. The fraction of sp³-hybridized carbons (Fsp3) is 0.333. The van der Waals surface area contributed by atoms with Gasteiger partial charge in [-0.3, -0.25) is 10.1 Å². The highest BCUT2D eigenvalue weighted by Gasteiger charge is 2.16. The molecule has 0 aromatic heterocycles. The van der Waals surface area contributed by atoms with Gasteiger partial charge < -0.3 is 10.2 Å². The van der Waals surface area contributed by atoms with Gasteiger partial charge in [-0.2, -0.15) is 0 Å². The Morgan fingerprint density at radius 2 is 1.75 bits per heavy atom. The first-order valence-electron chi connectivity index (χ1n) is 8.21. The van der Waals surface area contributed by atoms with E-state index in [9.17, 15) is 10.1 Å². The summed E-state index contributed by atoms with van der Waals surface area (Å²) in [5.41, 5.74) is 2.92. The number of nitrogens with one attached hydrogen (secondary N) is 2. The highest BCUT2D eigenvalue weighted by atomic mass is 35.5. The Bertz CT molecular complexity index is 713. The molecule has 2 aromatic carbocycles. The topological polar surface area (TPSA) is 59.6 Å². The molecule has 0 amide bonds. The molecule has 0 atom stereocenters. The molecule has 2 aromatic rings. The molecule has 0 bridgehead atoms. The Hall–Kier alpha value is -2.11. The van der Waals surface area contributed by atoms with Gasteiger partial charge in [-0.05, 0) is 17.7 Å². The van der Waals surface area contributed by atoms with E-state index in [1.807, 2.05) is 0 Å². The first kappa shape index (κ1) is 16.7. The van der Waals surface area contributed by atoms with Gasteiger partial charge in [0, 0.05) is 36.0 Å². The van der Waals surface area contributed by atoms with Crippen LogP contribution in [0.2, 0.25) is 5.02 Å². The summed E-state index contributed by atoms with van der Waals surface area (Å²) in [6, 6.07) is 13.1. The molecule has 0 saturated carbocycles. The van der Waals surface area contributed by atoms with Gasteiger partial charge >= 0.3 is 0 Å². The van der Waals surface area contributed by atoms with Crippen molar-refractivity contribution in [2.75, 3.05) is 18.4 Å². The van der Waals surface area contributed by atoms with E-state index < -0.39 is 4.92 Å². The minimum atomic E-state index is -0.420. The minimum Gasteiger partial charge on any atom is -0.375 e. The van der Waals surface area contributed by atoms with E-state index >= 15 is 0 Å². The van der Waals surface area contributed by atoms with Gasteiger partial charge in [0.15, 0.2) is 0 Å². The van der Waals surface area contributed by atoms with Crippen molar-refractivity contribution in [1.29, 1.82) is 0 Å². The lowest BCUT2D eigenvalue weighted by Crippen LogP contribution is -3.08. The van der Waals surface area contributed by atoms with Crippen molar-refractivity contribution in [3.8, 4) is 0 Å². The molecule has 1 aliphatic rings. The Morgan fingerprint density at radius 1 is 1.08 bits per heavy atom. The van der Waals surface area contributed by atoms with Crippen LogP contribution in [-0.4, -0.2) is 18.0 Å². The SMILES string of the molecule is O=[N+]([O-])c1cc(Cl)ccc1NCc1ccc(C[NH+]2CCCC2)cc1. The summed E-state index contributed by atoms with van der Waals surface area (Å²) in [6.07, 6.45) is 2.66. The molecule has 0 unspecified atom stereocenters. The number of nitrogens with zero attached hydrogens (tertiary/aromatic N) is 1. The summed E-state index contributed by atoms with van der Waals surface area (Å²) < 4.78 is 0. The van der Waals surface area contributed by atoms with Gasteiger partial charge in [0.25, 0.3) is 5.69 Å². The number of hydrogen-bond acceptors (Lipinski definition) is 3. The summed E-state index contributed by atoms with van der Waals surface area (Å²) in [5.74, 6) is 0. The van der Waals surface area contributed by atoms with E-state index in [4.69, 9.17) is 11.6 Å².